The van der Waals surface area contributed by atoms with Crippen LogP contribution in [-0.2, 0) is 4.74 Å². The summed E-state index contributed by atoms with van der Waals surface area (Å²) in [5.74, 6) is 0.416. The normalized spacial score (nSPS) is 15.5. The third-order valence-electron chi connectivity index (χ3n) is 4.51. The smallest absolute Gasteiger partial charge is 0.410 e. The number of amides is 1. The van der Waals surface area contributed by atoms with Crippen LogP contribution in [0.4, 0.5) is 4.79 Å². The van der Waals surface area contributed by atoms with Gasteiger partial charge in [-0.25, -0.2) is 9.78 Å². The fraction of sp³-hybridized carbons (Fsp3) is 0.429. The Labute approximate surface area is 184 Å². The lowest BCUT2D eigenvalue weighted by molar-refractivity contribution is 0.0205. The number of nitrogens with zero attached hydrogens (tertiary/aromatic N) is 2. The summed E-state index contributed by atoms with van der Waals surface area (Å²) < 4.78 is 6.36. The van der Waals surface area contributed by atoms with Crippen LogP contribution in [0.2, 0.25) is 5.02 Å². The summed E-state index contributed by atoms with van der Waals surface area (Å²) in [6.07, 6.45) is 3.47. The first kappa shape index (κ1) is 21.5. The van der Waals surface area contributed by atoms with E-state index in [1.807, 2.05) is 45.2 Å². The molecule has 1 aliphatic rings. The van der Waals surface area contributed by atoms with Crippen molar-refractivity contribution in [3.8, 4) is 0 Å². The van der Waals surface area contributed by atoms with Crippen molar-refractivity contribution in [2.45, 2.75) is 55.1 Å². The minimum Gasteiger partial charge on any atom is -0.444 e. The topological polar surface area (TPSA) is 42.4 Å². The van der Waals surface area contributed by atoms with Gasteiger partial charge in [0.25, 0.3) is 0 Å². The molecular formula is C21H24BrClN2O2S. The molecule has 1 aliphatic heterocycles. The van der Waals surface area contributed by atoms with Crippen molar-refractivity contribution < 1.29 is 9.53 Å². The maximum absolute atomic E-state index is 12.2. The minimum atomic E-state index is -0.459. The van der Waals surface area contributed by atoms with E-state index in [4.69, 9.17) is 16.3 Å². The molecule has 0 bridgehead atoms. The number of benzene rings is 1. The second-order valence-corrected chi connectivity index (χ2v) is 10.1. The zero-order chi connectivity index (χ0) is 20.3. The Morgan fingerprint density at radius 2 is 2.00 bits per heavy atom. The SMILES string of the molecule is CC(C)(C)OC(=O)N1CCC(c2ccnc(Sc3cccc(Br)c3Cl)c2)CC1. The molecule has 0 atom stereocenters. The maximum atomic E-state index is 12.2. The van der Waals surface area contributed by atoms with Crippen molar-refractivity contribution in [1.82, 2.24) is 9.88 Å². The molecule has 1 aromatic heterocycles. The first-order valence-electron chi connectivity index (χ1n) is 9.29. The van der Waals surface area contributed by atoms with E-state index in [9.17, 15) is 4.79 Å². The van der Waals surface area contributed by atoms with E-state index in [0.717, 1.165) is 27.2 Å². The lowest BCUT2D eigenvalue weighted by atomic mass is 9.90. The van der Waals surface area contributed by atoms with Crippen LogP contribution in [0.25, 0.3) is 0 Å². The van der Waals surface area contributed by atoms with E-state index in [-0.39, 0.29) is 6.09 Å². The molecule has 1 fully saturated rings. The van der Waals surface area contributed by atoms with Crippen molar-refractivity contribution in [1.29, 1.82) is 0 Å². The van der Waals surface area contributed by atoms with Gasteiger partial charge >= 0.3 is 6.09 Å². The van der Waals surface area contributed by atoms with E-state index in [1.54, 1.807) is 16.7 Å². The Hall–Kier alpha value is -1.24. The Balaban J connectivity index is 1.64. The van der Waals surface area contributed by atoms with Gasteiger partial charge in [-0.05, 0) is 85.3 Å². The zero-order valence-electron chi connectivity index (χ0n) is 16.2. The number of hydrogen-bond acceptors (Lipinski definition) is 4. The van der Waals surface area contributed by atoms with Gasteiger partial charge in [-0.15, -0.1) is 0 Å². The lowest BCUT2D eigenvalue weighted by Gasteiger charge is -2.33. The Morgan fingerprint density at radius 1 is 1.29 bits per heavy atom. The molecule has 1 aromatic carbocycles. The van der Waals surface area contributed by atoms with E-state index in [1.165, 1.54) is 5.56 Å². The third kappa shape index (κ3) is 5.65. The highest BCUT2D eigenvalue weighted by Crippen LogP contribution is 2.38. The predicted molar refractivity (Wildman–Crippen MR) is 117 cm³/mol. The summed E-state index contributed by atoms with van der Waals surface area (Å²) in [5.41, 5.74) is 0.797. The standard InChI is InChI=1S/C21H24BrClN2O2S/c1-21(2,3)27-20(26)25-11-8-14(9-12-25)15-7-10-24-18(13-15)28-17-6-4-5-16(22)19(17)23/h4-7,10,13-14H,8-9,11-12H2,1-3H3. The van der Waals surface area contributed by atoms with Gasteiger partial charge in [0.05, 0.1) is 5.02 Å². The van der Waals surface area contributed by atoms with Gasteiger partial charge in [0.1, 0.15) is 10.6 Å². The first-order valence-corrected chi connectivity index (χ1v) is 11.3. The fourth-order valence-electron chi connectivity index (χ4n) is 3.13. The number of carbonyl (C=O) groups excluding carboxylic acids is 1. The minimum absolute atomic E-state index is 0.221. The summed E-state index contributed by atoms with van der Waals surface area (Å²) in [7, 11) is 0. The van der Waals surface area contributed by atoms with Gasteiger partial charge in [0.2, 0.25) is 0 Å². The molecule has 4 nitrogen and oxygen atoms in total. The van der Waals surface area contributed by atoms with E-state index < -0.39 is 5.60 Å². The van der Waals surface area contributed by atoms with Gasteiger partial charge in [0, 0.05) is 28.7 Å². The molecule has 28 heavy (non-hydrogen) atoms. The molecule has 0 unspecified atom stereocenters. The number of pyridine rings is 1. The number of ether oxygens (including phenoxy) is 1. The highest BCUT2D eigenvalue weighted by atomic mass is 79.9. The number of likely N-dealkylation sites (tertiary alicyclic amines) is 1. The largest absolute Gasteiger partial charge is 0.444 e. The average molecular weight is 484 g/mol. The highest BCUT2D eigenvalue weighted by molar-refractivity contribution is 9.10. The second-order valence-electron chi connectivity index (χ2n) is 7.82. The van der Waals surface area contributed by atoms with Crippen LogP contribution in [0.15, 0.2) is 50.9 Å². The molecule has 150 valence electrons. The molecule has 3 rings (SSSR count). The van der Waals surface area contributed by atoms with Gasteiger partial charge in [-0.3, -0.25) is 0 Å². The molecule has 7 heteroatoms. The third-order valence-corrected chi connectivity index (χ3v) is 6.91. The molecule has 1 amide bonds. The van der Waals surface area contributed by atoms with Crippen LogP contribution in [0, 0.1) is 0 Å². The van der Waals surface area contributed by atoms with E-state index >= 15 is 0 Å². The Morgan fingerprint density at radius 3 is 2.68 bits per heavy atom. The van der Waals surface area contributed by atoms with Gasteiger partial charge in [-0.2, -0.15) is 0 Å². The molecule has 1 saturated heterocycles. The number of piperidine rings is 1. The van der Waals surface area contributed by atoms with Gasteiger partial charge < -0.3 is 9.64 Å². The summed E-state index contributed by atoms with van der Waals surface area (Å²) in [4.78, 5) is 19.5. The van der Waals surface area contributed by atoms with Crippen molar-refractivity contribution >= 4 is 45.4 Å². The van der Waals surface area contributed by atoms with Crippen LogP contribution in [-0.4, -0.2) is 34.7 Å². The zero-order valence-corrected chi connectivity index (χ0v) is 19.4. The van der Waals surface area contributed by atoms with E-state index in [0.29, 0.717) is 24.0 Å². The number of halogens is 2. The van der Waals surface area contributed by atoms with Gasteiger partial charge in [0.15, 0.2) is 0 Å². The summed E-state index contributed by atoms with van der Waals surface area (Å²) in [6.45, 7) is 7.10. The van der Waals surface area contributed by atoms with Crippen molar-refractivity contribution in [2.24, 2.45) is 0 Å². The molecule has 0 radical (unpaired) electrons. The van der Waals surface area contributed by atoms with Crippen molar-refractivity contribution in [2.75, 3.05) is 13.1 Å². The number of carbonyl (C=O) groups is 1. The molecule has 0 N–H and O–H groups in total. The average Bonchev–Trinajstić information content (AvgIpc) is 2.64. The van der Waals surface area contributed by atoms with Crippen LogP contribution in [0.3, 0.4) is 0 Å². The summed E-state index contributed by atoms with van der Waals surface area (Å²) >= 11 is 11.4. The number of aromatic nitrogens is 1. The molecular weight excluding hydrogens is 460 g/mol. The highest BCUT2D eigenvalue weighted by Gasteiger charge is 2.27. The Bertz CT molecular complexity index is 849. The fourth-order valence-corrected chi connectivity index (χ4v) is 4.75. The number of rotatable bonds is 3. The lowest BCUT2D eigenvalue weighted by Crippen LogP contribution is -2.41. The first-order chi connectivity index (χ1) is 13.2. The molecule has 0 saturated carbocycles. The van der Waals surface area contributed by atoms with Crippen molar-refractivity contribution in [3.05, 3.63) is 51.6 Å². The van der Waals surface area contributed by atoms with E-state index in [2.05, 4.69) is 33.0 Å². The second kappa shape index (κ2) is 9.06. The quantitative estimate of drug-likeness (QED) is 0.483. The summed E-state index contributed by atoms with van der Waals surface area (Å²) in [6, 6.07) is 10.1. The molecule has 0 spiro atoms. The number of hydrogen-bond donors (Lipinski definition) is 0. The van der Waals surface area contributed by atoms with Crippen LogP contribution in [0.1, 0.15) is 45.1 Å². The maximum Gasteiger partial charge on any atom is 0.410 e. The van der Waals surface area contributed by atoms with Crippen LogP contribution >= 0.6 is 39.3 Å². The van der Waals surface area contributed by atoms with Crippen LogP contribution < -0.4 is 0 Å². The van der Waals surface area contributed by atoms with Gasteiger partial charge in [-0.1, -0.05) is 29.4 Å². The molecule has 2 aromatic rings. The molecule has 2 heterocycles. The van der Waals surface area contributed by atoms with Crippen LogP contribution in [0.5, 0.6) is 0 Å². The monoisotopic (exact) mass is 482 g/mol. The Kier molecular flexibility index (Phi) is 6.94. The molecule has 0 aliphatic carbocycles. The summed E-state index contributed by atoms with van der Waals surface area (Å²) in [5, 5.41) is 1.62. The van der Waals surface area contributed by atoms with Crippen molar-refractivity contribution in [3.63, 3.8) is 0 Å². The predicted octanol–water partition coefficient (Wildman–Crippen LogP) is 6.76.